The van der Waals surface area contributed by atoms with Gasteiger partial charge in [0.1, 0.15) is 17.1 Å². The van der Waals surface area contributed by atoms with Gasteiger partial charge in [0.2, 0.25) is 0 Å². The number of carbonyl (C=O) groups excluding carboxylic acids is 1. The zero-order valence-electron chi connectivity index (χ0n) is 16.8. The van der Waals surface area contributed by atoms with Gasteiger partial charge in [0, 0.05) is 12.0 Å². The van der Waals surface area contributed by atoms with E-state index in [1.807, 2.05) is 57.2 Å². The molecule has 2 aromatic carbocycles. The van der Waals surface area contributed by atoms with Gasteiger partial charge in [0.15, 0.2) is 6.10 Å². The van der Waals surface area contributed by atoms with Crippen molar-refractivity contribution in [3.8, 4) is 11.5 Å². The van der Waals surface area contributed by atoms with Crippen LogP contribution in [0.4, 0.5) is 0 Å². The molecule has 0 aromatic heterocycles. The SMILES string of the molecule is CCc1ccccc1OC(C)C(=O)NC1CC(C)(C)Oc2ccc(C)cc21. The molecule has 1 N–H and O–H groups in total. The Bertz CT molecular complexity index is 828. The molecule has 0 spiro atoms. The van der Waals surface area contributed by atoms with E-state index in [2.05, 4.69) is 18.3 Å². The number of fused-ring (bicyclic) bond motifs is 1. The van der Waals surface area contributed by atoms with Crippen molar-refractivity contribution in [2.24, 2.45) is 0 Å². The topological polar surface area (TPSA) is 47.6 Å². The number of hydrogen-bond donors (Lipinski definition) is 1. The van der Waals surface area contributed by atoms with Gasteiger partial charge in [0.05, 0.1) is 6.04 Å². The molecule has 1 amide bonds. The second kappa shape index (κ2) is 7.63. The third-order valence-electron chi connectivity index (χ3n) is 4.97. The summed E-state index contributed by atoms with van der Waals surface area (Å²) in [6.45, 7) is 10.0. The Morgan fingerprint density at radius 3 is 2.78 bits per heavy atom. The second-order valence-electron chi connectivity index (χ2n) is 7.89. The average molecular weight is 367 g/mol. The number of amides is 1. The van der Waals surface area contributed by atoms with Crippen LogP contribution in [0, 0.1) is 6.92 Å². The van der Waals surface area contributed by atoms with Crippen molar-refractivity contribution < 1.29 is 14.3 Å². The summed E-state index contributed by atoms with van der Waals surface area (Å²) in [5.41, 5.74) is 2.95. The van der Waals surface area contributed by atoms with E-state index < -0.39 is 6.10 Å². The summed E-state index contributed by atoms with van der Waals surface area (Å²) in [6.07, 6.45) is 1.01. The van der Waals surface area contributed by atoms with Gasteiger partial charge in [-0.2, -0.15) is 0 Å². The largest absolute Gasteiger partial charge is 0.487 e. The molecule has 27 heavy (non-hydrogen) atoms. The normalized spacial score (nSPS) is 18.8. The van der Waals surface area contributed by atoms with Gasteiger partial charge in [0.25, 0.3) is 5.91 Å². The summed E-state index contributed by atoms with van der Waals surface area (Å²) in [6, 6.07) is 13.9. The Labute approximate surface area is 161 Å². The molecule has 1 heterocycles. The van der Waals surface area contributed by atoms with Crippen molar-refractivity contribution in [3.05, 3.63) is 59.2 Å². The van der Waals surface area contributed by atoms with Gasteiger partial charge in [-0.05, 0) is 51.8 Å². The average Bonchev–Trinajstić information content (AvgIpc) is 2.62. The summed E-state index contributed by atoms with van der Waals surface area (Å²) >= 11 is 0. The number of rotatable bonds is 5. The van der Waals surface area contributed by atoms with Crippen LogP contribution in [0.5, 0.6) is 11.5 Å². The van der Waals surface area contributed by atoms with Gasteiger partial charge in [-0.25, -0.2) is 0 Å². The lowest BCUT2D eigenvalue weighted by Crippen LogP contribution is -2.44. The molecular formula is C23H29NO3. The maximum absolute atomic E-state index is 12.8. The Kier molecular flexibility index (Phi) is 5.45. The van der Waals surface area contributed by atoms with E-state index in [1.165, 1.54) is 0 Å². The van der Waals surface area contributed by atoms with Gasteiger partial charge in [-0.1, -0.05) is 42.8 Å². The van der Waals surface area contributed by atoms with Crippen LogP contribution in [0.2, 0.25) is 0 Å². The fraction of sp³-hybridized carbons (Fsp3) is 0.435. The minimum absolute atomic E-state index is 0.0939. The smallest absolute Gasteiger partial charge is 0.261 e. The van der Waals surface area contributed by atoms with Crippen LogP contribution < -0.4 is 14.8 Å². The Hall–Kier alpha value is -2.49. The number of para-hydroxylation sites is 1. The maximum Gasteiger partial charge on any atom is 0.261 e. The maximum atomic E-state index is 12.8. The van der Waals surface area contributed by atoms with E-state index in [-0.39, 0.29) is 17.6 Å². The van der Waals surface area contributed by atoms with Gasteiger partial charge >= 0.3 is 0 Å². The fourth-order valence-electron chi connectivity index (χ4n) is 3.55. The van der Waals surface area contributed by atoms with Gasteiger partial charge in [-0.15, -0.1) is 0 Å². The minimum atomic E-state index is -0.572. The summed E-state index contributed by atoms with van der Waals surface area (Å²) in [7, 11) is 0. The fourth-order valence-corrected chi connectivity index (χ4v) is 3.55. The lowest BCUT2D eigenvalue weighted by molar-refractivity contribution is -0.128. The van der Waals surface area contributed by atoms with E-state index in [0.717, 1.165) is 34.6 Å². The van der Waals surface area contributed by atoms with Gasteiger partial charge in [-0.3, -0.25) is 4.79 Å². The van der Waals surface area contributed by atoms with E-state index in [4.69, 9.17) is 9.47 Å². The van der Waals surface area contributed by atoms with E-state index in [0.29, 0.717) is 6.42 Å². The standard InChI is InChI=1S/C23H29NO3/c1-6-17-9-7-8-10-20(17)26-16(3)22(25)24-19-14-23(4,5)27-21-12-11-15(2)13-18(19)21/h7-13,16,19H,6,14H2,1-5H3,(H,24,25). The molecule has 0 saturated heterocycles. The number of benzene rings is 2. The highest BCUT2D eigenvalue weighted by atomic mass is 16.5. The van der Waals surface area contributed by atoms with E-state index in [9.17, 15) is 4.79 Å². The predicted octanol–water partition coefficient (Wildman–Crippen LogP) is 4.74. The van der Waals surface area contributed by atoms with Crippen LogP contribution in [0.3, 0.4) is 0 Å². The lowest BCUT2D eigenvalue weighted by atomic mass is 9.89. The van der Waals surface area contributed by atoms with E-state index >= 15 is 0 Å². The molecule has 144 valence electrons. The van der Waals surface area contributed by atoms with Crippen LogP contribution >= 0.6 is 0 Å². The van der Waals surface area contributed by atoms with Crippen LogP contribution in [0.15, 0.2) is 42.5 Å². The number of nitrogens with one attached hydrogen (secondary N) is 1. The minimum Gasteiger partial charge on any atom is -0.487 e. The van der Waals surface area contributed by atoms with Crippen molar-refractivity contribution in [1.82, 2.24) is 5.32 Å². The zero-order valence-corrected chi connectivity index (χ0v) is 16.8. The first-order valence-corrected chi connectivity index (χ1v) is 9.63. The zero-order chi connectivity index (χ0) is 19.6. The Morgan fingerprint density at radius 1 is 1.30 bits per heavy atom. The van der Waals surface area contributed by atoms with Crippen molar-refractivity contribution in [2.75, 3.05) is 0 Å². The molecule has 3 rings (SSSR count). The number of ether oxygens (including phenoxy) is 2. The third-order valence-corrected chi connectivity index (χ3v) is 4.97. The van der Waals surface area contributed by atoms with Crippen molar-refractivity contribution in [3.63, 3.8) is 0 Å². The molecule has 2 unspecified atom stereocenters. The molecule has 0 radical (unpaired) electrons. The predicted molar refractivity (Wildman–Crippen MR) is 107 cm³/mol. The summed E-state index contributed by atoms with van der Waals surface area (Å²) in [4.78, 5) is 12.8. The molecule has 2 aromatic rings. The molecule has 1 aliphatic rings. The van der Waals surface area contributed by atoms with Crippen LogP contribution in [0.1, 0.15) is 56.8 Å². The lowest BCUT2D eigenvalue weighted by Gasteiger charge is -2.38. The molecule has 1 aliphatic heterocycles. The number of aryl methyl sites for hydroxylation is 2. The van der Waals surface area contributed by atoms with E-state index in [1.54, 1.807) is 6.92 Å². The summed E-state index contributed by atoms with van der Waals surface area (Å²) in [5, 5.41) is 3.17. The first-order valence-electron chi connectivity index (χ1n) is 9.63. The molecule has 0 saturated carbocycles. The molecule has 4 heteroatoms. The molecule has 0 fully saturated rings. The molecule has 0 aliphatic carbocycles. The Balaban J connectivity index is 1.76. The third kappa shape index (κ3) is 4.44. The van der Waals surface area contributed by atoms with Crippen LogP contribution in [0.25, 0.3) is 0 Å². The highest BCUT2D eigenvalue weighted by Crippen LogP contribution is 2.39. The molecule has 4 nitrogen and oxygen atoms in total. The van der Waals surface area contributed by atoms with Gasteiger partial charge < -0.3 is 14.8 Å². The highest BCUT2D eigenvalue weighted by Gasteiger charge is 2.35. The van der Waals surface area contributed by atoms with Crippen molar-refractivity contribution in [1.29, 1.82) is 0 Å². The van der Waals surface area contributed by atoms with Crippen molar-refractivity contribution in [2.45, 2.75) is 65.2 Å². The molecule has 2 atom stereocenters. The molecule has 0 bridgehead atoms. The quantitative estimate of drug-likeness (QED) is 0.830. The summed E-state index contributed by atoms with van der Waals surface area (Å²) < 4.78 is 12.1. The monoisotopic (exact) mass is 367 g/mol. The van der Waals surface area contributed by atoms with Crippen LogP contribution in [-0.4, -0.2) is 17.6 Å². The second-order valence-corrected chi connectivity index (χ2v) is 7.89. The summed E-state index contributed by atoms with van der Waals surface area (Å²) in [5.74, 6) is 1.49. The van der Waals surface area contributed by atoms with Crippen LogP contribution in [-0.2, 0) is 11.2 Å². The molecular weight excluding hydrogens is 338 g/mol. The number of hydrogen-bond acceptors (Lipinski definition) is 3. The number of carbonyl (C=O) groups is 1. The van der Waals surface area contributed by atoms with Crippen molar-refractivity contribution >= 4 is 5.91 Å². The first-order chi connectivity index (χ1) is 12.8. The highest BCUT2D eigenvalue weighted by molar-refractivity contribution is 5.81. The Morgan fingerprint density at radius 2 is 2.04 bits per heavy atom. The first kappa shape index (κ1) is 19.3.